The molecule has 1 aliphatic heterocycles. The zero-order valence-electron chi connectivity index (χ0n) is 12.2. The zero-order chi connectivity index (χ0) is 13.8. The van der Waals surface area contributed by atoms with Crippen LogP contribution in [0.2, 0.25) is 5.02 Å². The number of nitrogens with one attached hydrogen (secondary N) is 1. The van der Waals surface area contributed by atoms with Gasteiger partial charge in [-0.1, -0.05) is 44.5 Å². The first kappa shape index (κ1) is 14.7. The Morgan fingerprint density at radius 1 is 1.42 bits per heavy atom. The summed E-state index contributed by atoms with van der Waals surface area (Å²) in [6.07, 6.45) is 2.60. The van der Waals surface area contributed by atoms with Crippen molar-refractivity contribution >= 4 is 17.3 Å². The number of para-hydroxylation sites is 1. The van der Waals surface area contributed by atoms with Gasteiger partial charge in [0.15, 0.2) is 0 Å². The van der Waals surface area contributed by atoms with Crippen LogP contribution >= 0.6 is 11.6 Å². The van der Waals surface area contributed by atoms with Gasteiger partial charge in [0.2, 0.25) is 0 Å². The lowest BCUT2D eigenvalue weighted by molar-refractivity contribution is 0.445. The van der Waals surface area contributed by atoms with Gasteiger partial charge in [-0.25, -0.2) is 0 Å². The lowest BCUT2D eigenvalue weighted by Crippen LogP contribution is -2.35. The van der Waals surface area contributed by atoms with E-state index in [0.29, 0.717) is 6.04 Å². The maximum absolute atomic E-state index is 6.46. The maximum atomic E-state index is 6.46. The summed E-state index contributed by atoms with van der Waals surface area (Å²) in [7, 11) is 0. The lowest BCUT2D eigenvalue weighted by Gasteiger charge is -2.35. The van der Waals surface area contributed by atoms with Crippen LogP contribution in [-0.2, 0) is 6.54 Å². The SMILES string of the molecule is CC1CCCN(c2c(Cl)cccc2CNC(C)C)C1. The van der Waals surface area contributed by atoms with E-state index in [-0.39, 0.29) is 0 Å². The Labute approximate surface area is 122 Å². The van der Waals surface area contributed by atoms with Crippen LogP contribution in [0.4, 0.5) is 5.69 Å². The molecule has 0 amide bonds. The average molecular weight is 281 g/mol. The summed E-state index contributed by atoms with van der Waals surface area (Å²) < 4.78 is 0. The van der Waals surface area contributed by atoms with Gasteiger partial charge < -0.3 is 10.2 Å². The van der Waals surface area contributed by atoms with Crippen molar-refractivity contribution in [1.29, 1.82) is 0 Å². The maximum Gasteiger partial charge on any atom is 0.0642 e. The first-order valence-electron chi connectivity index (χ1n) is 7.33. The quantitative estimate of drug-likeness (QED) is 0.894. The summed E-state index contributed by atoms with van der Waals surface area (Å²) in [5, 5.41) is 4.38. The molecular weight excluding hydrogens is 256 g/mol. The Balaban J connectivity index is 2.21. The predicted molar refractivity (Wildman–Crippen MR) is 84.0 cm³/mol. The molecule has 0 bridgehead atoms. The number of piperidine rings is 1. The van der Waals surface area contributed by atoms with Gasteiger partial charge in [-0.3, -0.25) is 0 Å². The Kier molecular flexibility index (Phi) is 5.12. The van der Waals surface area contributed by atoms with Crippen molar-refractivity contribution in [2.45, 2.75) is 46.2 Å². The second-order valence-electron chi connectivity index (χ2n) is 5.98. The molecule has 1 aromatic carbocycles. The molecule has 0 aliphatic carbocycles. The van der Waals surface area contributed by atoms with E-state index in [1.807, 2.05) is 6.07 Å². The number of anilines is 1. The minimum atomic E-state index is 0.493. The molecule has 1 aromatic rings. The minimum absolute atomic E-state index is 0.493. The second kappa shape index (κ2) is 6.62. The highest BCUT2D eigenvalue weighted by Crippen LogP contribution is 2.33. The highest BCUT2D eigenvalue weighted by atomic mass is 35.5. The van der Waals surface area contributed by atoms with Crippen LogP contribution in [0.1, 0.15) is 39.2 Å². The van der Waals surface area contributed by atoms with E-state index in [1.54, 1.807) is 0 Å². The molecule has 1 aliphatic rings. The molecule has 0 radical (unpaired) electrons. The minimum Gasteiger partial charge on any atom is -0.370 e. The molecule has 1 atom stereocenters. The number of hydrogen-bond acceptors (Lipinski definition) is 2. The Morgan fingerprint density at radius 3 is 2.89 bits per heavy atom. The third-order valence-corrected chi connectivity index (χ3v) is 4.05. The van der Waals surface area contributed by atoms with Crippen molar-refractivity contribution in [3.05, 3.63) is 28.8 Å². The fourth-order valence-corrected chi connectivity index (χ4v) is 3.08. The topological polar surface area (TPSA) is 15.3 Å². The molecule has 1 N–H and O–H groups in total. The standard InChI is InChI=1S/C16H25ClN2/c1-12(2)18-10-14-7-4-8-15(17)16(14)19-9-5-6-13(3)11-19/h4,7-8,12-13,18H,5-6,9-11H2,1-3H3. The summed E-state index contributed by atoms with van der Waals surface area (Å²) >= 11 is 6.46. The van der Waals surface area contributed by atoms with E-state index in [4.69, 9.17) is 11.6 Å². The van der Waals surface area contributed by atoms with Gasteiger partial charge in [-0.2, -0.15) is 0 Å². The highest BCUT2D eigenvalue weighted by Gasteiger charge is 2.20. The van der Waals surface area contributed by atoms with E-state index in [0.717, 1.165) is 30.6 Å². The highest BCUT2D eigenvalue weighted by molar-refractivity contribution is 6.33. The van der Waals surface area contributed by atoms with E-state index >= 15 is 0 Å². The average Bonchev–Trinajstić information content (AvgIpc) is 2.36. The monoisotopic (exact) mass is 280 g/mol. The molecule has 1 saturated heterocycles. The zero-order valence-corrected chi connectivity index (χ0v) is 13.0. The van der Waals surface area contributed by atoms with Crippen LogP contribution in [-0.4, -0.2) is 19.1 Å². The second-order valence-corrected chi connectivity index (χ2v) is 6.38. The summed E-state index contributed by atoms with van der Waals surface area (Å²) in [4.78, 5) is 2.47. The van der Waals surface area contributed by atoms with Crippen molar-refractivity contribution < 1.29 is 0 Å². The van der Waals surface area contributed by atoms with Gasteiger partial charge >= 0.3 is 0 Å². The van der Waals surface area contributed by atoms with Crippen LogP contribution in [0.15, 0.2) is 18.2 Å². The molecule has 2 rings (SSSR count). The van der Waals surface area contributed by atoms with Crippen molar-refractivity contribution in [3.8, 4) is 0 Å². The van der Waals surface area contributed by atoms with Gasteiger partial charge in [-0.15, -0.1) is 0 Å². The molecular formula is C16H25ClN2. The molecule has 3 heteroatoms. The molecule has 19 heavy (non-hydrogen) atoms. The lowest BCUT2D eigenvalue weighted by atomic mass is 9.98. The van der Waals surface area contributed by atoms with Crippen molar-refractivity contribution in [2.75, 3.05) is 18.0 Å². The molecule has 1 unspecified atom stereocenters. The van der Waals surface area contributed by atoms with E-state index in [9.17, 15) is 0 Å². The van der Waals surface area contributed by atoms with Crippen LogP contribution in [0.25, 0.3) is 0 Å². The molecule has 106 valence electrons. The summed E-state index contributed by atoms with van der Waals surface area (Å²) in [6, 6.07) is 6.74. The third-order valence-electron chi connectivity index (χ3n) is 3.74. The van der Waals surface area contributed by atoms with Crippen LogP contribution in [0.5, 0.6) is 0 Å². The first-order valence-corrected chi connectivity index (χ1v) is 7.71. The number of nitrogens with zero attached hydrogens (tertiary/aromatic N) is 1. The molecule has 0 saturated carbocycles. The fraction of sp³-hybridized carbons (Fsp3) is 0.625. The Hall–Kier alpha value is -0.730. The van der Waals surface area contributed by atoms with E-state index < -0.39 is 0 Å². The van der Waals surface area contributed by atoms with Crippen LogP contribution < -0.4 is 10.2 Å². The predicted octanol–water partition coefficient (Wildman–Crippen LogP) is 4.07. The molecule has 0 spiro atoms. The molecule has 1 fully saturated rings. The molecule has 2 nitrogen and oxygen atoms in total. The largest absolute Gasteiger partial charge is 0.370 e. The summed E-state index contributed by atoms with van der Waals surface area (Å²) in [5.74, 6) is 0.760. The third kappa shape index (κ3) is 3.87. The Bertz CT molecular complexity index is 417. The smallest absolute Gasteiger partial charge is 0.0642 e. The van der Waals surface area contributed by atoms with Gasteiger partial charge in [0, 0.05) is 25.7 Å². The van der Waals surface area contributed by atoms with Crippen molar-refractivity contribution in [3.63, 3.8) is 0 Å². The summed E-state index contributed by atoms with van der Waals surface area (Å²) in [6.45, 7) is 9.81. The van der Waals surface area contributed by atoms with Gasteiger partial charge in [0.25, 0.3) is 0 Å². The number of hydrogen-bond donors (Lipinski definition) is 1. The number of halogens is 1. The van der Waals surface area contributed by atoms with Gasteiger partial charge in [0.1, 0.15) is 0 Å². The first-order chi connectivity index (χ1) is 9.08. The summed E-state index contributed by atoms with van der Waals surface area (Å²) in [5.41, 5.74) is 2.55. The van der Waals surface area contributed by atoms with E-state index in [1.165, 1.54) is 24.1 Å². The molecule has 1 heterocycles. The normalized spacial score (nSPS) is 20.1. The number of benzene rings is 1. The molecule has 0 aromatic heterocycles. The van der Waals surface area contributed by atoms with Gasteiger partial charge in [-0.05, 0) is 30.4 Å². The van der Waals surface area contributed by atoms with Crippen molar-refractivity contribution in [1.82, 2.24) is 5.32 Å². The number of rotatable bonds is 4. The van der Waals surface area contributed by atoms with Crippen LogP contribution in [0.3, 0.4) is 0 Å². The fourth-order valence-electron chi connectivity index (χ4n) is 2.76. The van der Waals surface area contributed by atoms with Crippen molar-refractivity contribution in [2.24, 2.45) is 5.92 Å². The van der Waals surface area contributed by atoms with Gasteiger partial charge in [0.05, 0.1) is 10.7 Å². The van der Waals surface area contributed by atoms with Crippen LogP contribution in [0, 0.1) is 5.92 Å². The Morgan fingerprint density at radius 2 is 2.21 bits per heavy atom. The van der Waals surface area contributed by atoms with E-state index in [2.05, 4.69) is 43.1 Å².